The molecule has 0 amide bonds. The van der Waals surface area contributed by atoms with Crippen molar-refractivity contribution in [1.82, 2.24) is 0 Å². The van der Waals surface area contributed by atoms with Crippen LogP contribution in [0.25, 0.3) is 0 Å². The number of halogens is 2. The van der Waals surface area contributed by atoms with Crippen molar-refractivity contribution in [2.75, 3.05) is 5.94 Å². The van der Waals surface area contributed by atoms with Crippen molar-refractivity contribution >= 4 is 45.4 Å². The van der Waals surface area contributed by atoms with Crippen LogP contribution in [0.1, 0.15) is 36.7 Å². The van der Waals surface area contributed by atoms with Crippen molar-refractivity contribution in [3.63, 3.8) is 0 Å². The van der Waals surface area contributed by atoms with E-state index >= 15 is 0 Å². The molecule has 0 saturated heterocycles. The van der Waals surface area contributed by atoms with Crippen LogP contribution in [0.4, 0.5) is 0 Å². The molecule has 1 aliphatic rings. The molecule has 0 aromatic heterocycles. The second-order valence-electron chi connectivity index (χ2n) is 5.70. The maximum absolute atomic E-state index is 12.0. The van der Waals surface area contributed by atoms with Gasteiger partial charge in [0.25, 0.3) is 0 Å². The molecule has 1 unspecified atom stereocenters. The van der Waals surface area contributed by atoms with Gasteiger partial charge in [-0.1, -0.05) is 67.2 Å². The molecule has 1 heterocycles. The Morgan fingerprint density at radius 1 is 1.24 bits per heavy atom. The van der Waals surface area contributed by atoms with Gasteiger partial charge in [0.2, 0.25) is 0 Å². The van der Waals surface area contributed by atoms with Crippen molar-refractivity contribution in [1.29, 1.82) is 0 Å². The van der Waals surface area contributed by atoms with Gasteiger partial charge in [0.15, 0.2) is 5.17 Å². The molecule has 6 heteroatoms. The Kier molecular flexibility index (Phi) is 5.02. The molecule has 3 nitrogen and oxygen atoms in total. The number of hydrogen-bond acceptors (Lipinski definition) is 3. The number of rotatable bonds is 3. The highest BCUT2D eigenvalue weighted by molar-refractivity contribution is 8.18. The maximum Gasteiger partial charge on any atom is 0.338 e. The fourth-order valence-electron chi connectivity index (χ4n) is 1.75. The first-order valence-electron chi connectivity index (χ1n) is 6.43. The van der Waals surface area contributed by atoms with Crippen molar-refractivity contribution in [3.05, 3.63) is 45.8 Å². The van der Waals surface area contributed by atoms with E-state index in [-0.39, 0.29) is 22.5 Å². The first-order valence-corrected chi connectivity index (χ1v) is 8.74. The molecule has 1 aromatic rings. The number of thiol groups is 1. The predicted octanol–water partition coefficient (Wildman–Crippen LogP) is 4.75. The number of hydrogen-bond donors (Lipinski definition) is 1. The van der Waals surface area contributed by atoms with Gasteiger partial charge >= 0.3 is 5.97 Å². The number of ether oxygens (including phenoxy) is 1. The highest BCUT2D eigenvalue weighted by Crippen LogP contribution is 2.39. The lowest BCUT2D eigenvalue weighted by molar-refractivity contribution is 0.0578. The average molecular weight is 346 g/mol. The van der Waals surface area contributed by atoms with Gasteiger partial charge in [0.1, 0.15) is 5.94 Å². The van der Waals surface area contributed by atoms with Crippen LogP contribution in [-0.4, -0.2) is 17.1 Å². The molecular formula is C15H17Cl2NO2S. The minimum Gasteiger partial charge on any atom is -0.451 e. The van der Waals surface area contributed by atoms with Crippen molar-refractivity contribution < 1.29 is 9.53 Å². The molecular weight excluding hydrogens is 329 g/mol. The zero-order valence-electron chi connectivity index (χ0n) is 12.1. The summed E-state index contributed by atoms with van der Waals surface area (Å²) in [7, 11) is 0. The van der Waals surface area contributed by atoms with Gasteiger partial charge in [0, 0.05) is 0 Å². The van der Waals surface area contributed by atoms with Crippen LogP contribution in [-0.2, 0) is 10.2 Å². The molecule has 0 radical (unpaired) electrons. The van der Waals surface area contributed by atoms with E-state index < -0.39 is 11.1 Å². The summed E-state index contributed by atoms with van der Waals surface area (Å²) in [6.45, 7) is 6.38. The summed E-state index contributed by atoms with van der Waals surface area (Å²) in [5.74, 6) is -0.164. The van der Waals surface area contributed by atoms with Crippen LogP contribution >= 0.6 is 34.3 Å². The largest absolute Gasteiger partial charge is 0.451 e. The minimum absolute atomic E-state index is 0.0581. The minimum atomic E-state index is -0.952. The third kappa shape index (κ3) is 4.25. The summed E-state index contributed by atoms with van der Waals surface area (Å²) in [6, 6.07) is 7.46. The molecule has 0 fully saturated rings. The van der Waals surface area contributed by atoms with Crippen LogP contribution in [0.15, 0.2) is 39.1 Å². The van der Waals surface area contributed by atoms with Gasteiger partial charge < -0.3 is 4.74 Å². The monoisotopic (exact) mass is 345 g/mol. The summed E-state index contributed by atoms with van der Waals surface area (Å²) < 4.78 is 9.38. The summed E-state index contributed by atoms with van der Waals surface area (Å²) in [4.78, 5) is 12.0. The third-order valence-corrected chi connectivity index (χ3v) is 5.34. The molecule has 0 bridgehead atoms. The fraction of sp³-hybridized carbons (Fsp3) is 0.333. The van der Waals surface area contributed by atoms with Gasteiger partial charge in [-0.25, -0.2) is 9.19 Å². The third-order valence-electron chi connectivity index (χ3n) is 2.99. The lowest BCUT2D eigenvalue weighted by Gasteiger charge is -2.19. The standard InChI is InChI=1S/C15H17Cl2NO2S/c1-15(2,3)11-6-4-10(5-7-11)14(19)20-9-21-8-12(16)13(17)18-21/h4-8,21H,9H2,1-3H3. The highest BCUT2D eigenvalue weighted by Gasteiger charge is 2.17. The van der Waals surface area contributed by atoms with E-state index in [1.165, 1.54) is 5.56 Å². The smallest absolute Gasteiger partial charge is 0.338 e. The molecule has 0 N–H and O–H groups in total. The second kappa shape index (κ2) is 6.42. The Bertz CT molecular complexity index is 585. The van der Waals surface area contributed by atoms with Crippen molar-refractivity contribution in [3.8, 4) is 0 Å². The van der Waals surface area contributed by atoms with E-state index in [1.807, 2.05) is 12.1 Å². The molecule has 114 valence electrons. The van der Waals surface area contributed by atoms with Crippen LogP contribution in [0.3, 0.4) is 0 Å². The summed E-state index contributed by atoms with van der Waals surface area (Å²) >= 11 is 10.6. The number of esters is 1. The fourth-order valence-corrected chi connectivity index (χ4v) is 3.77. The summed E-state index contributed by atoms with van der Waals surface area (Å²) in [6.07, 6.45) is 0. The van der Waals surface area contributed by atoms with E-state index in [4.69, 9.17) is 27.9 Å². The zero-order valence-corrected chi connectivity index (χ0v) is 14.5. The van der Waals surface area contributed by atoms with Crippen LogP contribution in [0, 0.1) is 0 Å². The molecule has 1 atom stereocenters. The maximum atomic E-state index is 12.0. The van der Waals surface area contributed by atoms with E-state index in [1.54, 1.807) is 17.5 Å². The van der Waals surface area contributed by atoms with Gasteiger partial charge in [-0.2, -0.15) is 0 Å². The molecule has 0 spiro atoms. The lowest BCUT2D eigenvalue weighted by atomic mass is 9.87. The summed E-state index contributed by atoms with van der Waals surface area (Å²) in [5.41, 5.74) is 1.76. The Labute approximate surface area is 137 Å². The van der Waals surface area contributed by atoms with Gasteiger partial charge in [-0.05, 0) is 28.5 Å². The van der Waals surface area contributed by atoms with Crippen LogP contribution in [0.5, 0.6) is 0 Å². The molecule has 0 aliphatic carbocycles. The highest BCUT2D eigenvalue weighted by atomic mass is 35.5. The Morgan fingerprint density at radius 2 is 1.86 bits per heavy atom. The normalized spacial score (nSPS) is 20.0. The molecule has 1 aromatic carbocycles. The number of benzene rings is 1. The summed E-state index contributed by atoms with van der Waals surface area (Å²) in [5, 5.41) is 2.44. The molecule has 1 aliphatic heterocycles. The zero-order chi connectivity index (χ0) is 15.6. The number of carbonyl (C=O) groups excluding carboxylic acids is 1. The predicted molar refractivity (Wildman–Crippen MR) is 91.6 cm³/mol. The molecule has 21 heavy (non-hydrogen) atoms. The Balaban J connectivity index is 1.95. The Morgan fingerprint density at radius 3 is 2.33 bits per heavy atom. The second-order valence-corrected chi connectivity index (χ2v) is 8.06. The number of allylic oxidation sites excluding steroid dienone is 1. The topological polar surface area (TPSA) is 38.7 Å². The van der Waals surface area contributed by atoms with Gasteiger partial charge in [-0.15, -0.1) is 0 Å². The van der Waals surface area contributed by atoms with E-state index in [2.05, 4.69) is 25.2 Å². The van der Waals surface area contributed by atoms with E-state index in [0.29, 0.717) is 10.6 Å². The number of carbonyl (C=O) groups is 1. The van der Waals surface area contributed by atoms with Crippen LogP contribution in [0.2, 0.25) is 0 Å². The SMILES string of the molecule is CC(C)(C)c1ccc(C(=O)OC[SH]2C=C(Cl)C(Cl)=N2)cc1. The van der Waals surface area contributed by atoms with Gasteiger partial charge in [0.05, 0.1) is 10.6 Å². The van der Waals surface area contributed by atoms with Crippen LogP contribution < -0.4 is 0 Å². The lowest BCUT2D eigenvalue weighted by Crippen LogP contribution is -2.12. The van der Waals surface area contributed by atoms with Crippen molar-refractivity contribution in [2.45, 2.75) is 26.2 Å². The van der Waals surface area contributed by atoms with Gasteiger partial charge in [-0.3, -0.25) is 0 Å². The van der Waals surface area contributed by atoms with Crippen molar-refractivity contribution in [2.24, 2.45) is 4.40 Å². The van der Waals surface area contributed by atoms with E-state index in [0.717, 1.165) is 0 Å². The molecule has 0 saturated carbocycles. The quantitative estimate of drug-likeness (QED) is 0.634. The molecule has 2 rings (SSSR count). The Hall–Kier alpha value is -0.970. The average Bonchev–Trinajstić information content (AvgIpc) is 2.74. The number of nitrogens with zero attached hydrogens (tertiary/aromatic N) is 1. The first kappa shape index (κ1) is 16.4. The first-order chi connectivity index (χ1) is 9.77. The van der Waals surface area contributed by atoms with E-state index in [9.17, 15) is 4.79 Å².